The molecule has 0 heterocycles. The second kappa shape index (κ2) is 15.3. The molecule has 2 aliphatic rings. The van der Waals surface area contributed by atoms with E-state index in [1.54, 1.807) is 0 Å². The SMILES string of the molecule is CC1(C)[C@@H]2CC[C@]1(C)[C@@H](O)C2.CCCCCCCCCCCCCCCCCC(=O)O. The molecule has 2 fully saturated rings. The van der Waals surface area contributed by atoms with E-state index >= 15 is 0 Å². The molecule has 0 aliphatic heterocycles. The molecular formula is C28H54O3. The van der Waals surface area contributed by atoms with Crippen LogP contribution in [0.25, 0.3) is 0 Å². The average molecular weight is 439 g/mol. The Labute approximate surface area is 193 Å². The highest BCUT2D eigenvalue weighted by Crippen LogP contribution is 2.65. The van der Waals surface area contributed by atoms with Gasteiger partial charge in [0.2, 0.25) is 0 Å². The first kappa shape index (κ1) is 28.5. The summed E-state index contributed by atoms with van der Waals surface area (Å²) in [5.74, 6) is 0.127. The average Bonchev–Trinajstić information content (AvgIpc) is 3.04. The molecule has 3 nitrogen and oxygen atoms in total. The van der Waals surface area contributed by atoms with Gasteiger partial charge in [-0.05, 0) is 42.4 Å². The molecule has 0 amide bonds. The lowest BCUT2D eigenvalue weighted by Gasteiger charge is -2.36. The summed E-state index contributed by atoms with van der Waals surface area (Å²) >= 11 is 0. The second-order valence-electron chi connectivity index (χ2n) is 11.2. The smallest absolute Gasteiger partial charge is 0.303 e. The zero-order valence-electron chi connectivity index (χ0n) is 21.4. The number of carboxylic acid groups (broad SMARTS) is 1. The predicted octanol–water partition coefficient (Wildman–Crippen LogP) is 8.53. The zero-order valence-corrected chi connectivity index (χ0v) is 21.4. The summed E-state index contributed by atoms with van der Waals surface area (Å²) in [6.45, 7) is 9.17. The number of hydrogen-bond donors (Lipinski definition) is 2. The molecule has 2 bridgehead atoms. The maximum absolute atomic E-state index is 10.3. The van der Waals surface area contributed by atoms with E-state index in [-0.39, 0.29) is 11.5 Å². The molecule has 2 rings (SSSR count). The fourth-order valence-corrected chi connectivity index (χ4v) is 5.81. The second-order valence-corrected chi connectivity index (χ2v) is 11.2. The van der Waals surface area contributed by atoms with E-state index < -0.39 is 5.97 Å². The van der Waals surface area contributed by atoms with Gasteiger partial charge in [-0.2, -0.15) is 0 Å². The zero-order chi connectivity index (χ0) is 23.2. The lowest BCUT2D eigenvalue weighted by molar-refractivity contribution is -0.137. The fraction of sp³-hybridized carbons (Fsp3) is 0.964. The lowest BCUT2D eigenvalue weighted by atomic mass is 9.70. The van der Waals surface area contributed by atoms with Crippen LogP contribution in [0.1, 0.15) is 150 Å². The Morgan fingerprint density at radius 2 is 1.19 bits per heavy atom. The van der Waals surface area contributed by atoms with Crippen LogP contribution >= 0.6 is 0 Å². The van der Waals surface area contributed by atoms with Crippen LogP contribution < -0.4 is 0 Å². The van der Waals surface area contributed by atoms with Crippen molar-refractivity contribution in [2.45, 2.75) is 156 Å². The standard InChI is InChI=1S/C18H36O2.C10H18O/c1-2-3-4-5-6-7-8-9-10-11-12-13-14-15-16-17-18(19)20;1-9(2)7-4-5-10(9,3)8(11)6-7/h2-17H2,1H3,(H,19,20);7-8,11H,4-6H2,1-3H3/t;7-,8+,10-/m.1/s1. The quantitative estimate of drug-likeness (QED) is 0.237. The molecule has 31 heavy (non-hydrogen) atoms. The summed E-state index contributed by atoms with van der Waals surface area (Å²) in [5, 5.41) is 18.3. The maximum Gasteiger partial charge on any atom is 0.303 e. The van der Waals surface area contributed by atoms with Crippen LogP contribution in [0.3, 0.4) is 0 Å². The van der Waals surface area contributed by atoms with Gasteiger partial charge in [0.25, 0.3) is 0 Å². The molecule has 184 valence electrons. The summed E-state index contributed by atoms with van der Waals surface area (Å²) < 4.78 is 0. The van der Waals surface area contributed by atoms with Crippen LogP contribution in [0.4, 0.5) is 0 Å². The molecule has 0 aromatic rings. The van der Waals surface area contributed by atoms with Crippen molar-refractivity contribution in [2.75, 3.05) is 0 Å². The van der Waals surface area contributed by atoms with Crippen molar-refractivity contribution in [3.05, 3.63) is 0 Å². The molecule has 0 radical (unpaired) electrons. The largest absolute Gasteiger partial charge is 0.481 e. The summed E-state index contributed by atoms with van der Waals surface area (Å²) in [7, 11) is 0. The summed E-state index contributed by atoms with van der Waals surface area (Å²) in [6.07, 6.45) is 23.8. The van der Waals surface area contributed by atoms with Gasteiger partial charge in [0, 0.05) is 6.42 Å². The third kappa shape index (κ3) is 9.84. The van der Waals surface area contributed by atoms with E-state index in [0.29, 0.717) is 11.8 Å². The van der Waals surface area contributed by atoms with Gasteiger partial charge >= 0.3 is 5.97 Å². The number of aliphatic hydroxyl groups is 1. The molecule has 2 saturated carbocycles. The number of carbonyl (C=O) groups is 1. The number of hydrogen-bond acceptors (Lipinski definition) is 2. The van der Waals surface area contributed by atoms with Crippen molar-refractivity contribution < 1.29 is 15.0 Å². The molecule has 2 aliphatic carbocycles. The monoisotopic (exact) mass is 438 g/mol. The van der Waals surface area contributed by atoms with Crippen molar-refractivity contribution >= 4 is 5.97 Å². The molecule has 0 unspecified atom stereocenters. The van der Waals surface area contributed by atoms with E-state index in [4.69, 9.17) is 5.11 Å². The van der Waals surface area contributed by atoms with Gasteiger partial charge in [-0.3, -0.25) is 4.79 Å². The third-order valence-electron chi connectivity index (χ3n) is 8.74. The Bertz CT molecular complexity index is 473. The number of aliphatic carboxylic acids is 1. The Morgan fingerprint density at radius 1 is 0.774 bits per heavy atom. The first-order valence-electron chi connectivity index (χ1n) is 13.7. The van der Waals surface area contributed by atoms with Crippen LogP contribution in [0.15, 0.2) is 0 Å². The number of fused-ring (bicyclic) bond motifs is 2. The number of aliphatic hydroxyl groups excluding tert-OH is 1. The van der Waals surface area contributed by atoms with Crippen LogP contribution in [0, 0.1) is 16.7 Å². The van der Waals surface area contributed by atoms with Crippen molar-refractivity contribution in [3.8, 4) is 0 Å². The molecule has 2 N–H and O–H groups in total. The summed E-state index contributed by atoms with van der Waals surface area (Å²) in [6, 6.07) is 0. The first-order valence-corrected chi connectivity index (χ1v) is 13.7. The number of rotatable bonds is 16. The molecule has 0 spiro atoms. The van der Waals surface area contributed by atoms with Crippen LogP contribution in [0.5, 0.6) is 0 Å². The predicted molar refractivity (Wildman–Crippen MR) is 132 cm³/mol. The number of unbranched alkanes of at least 4 members (excludes halogenated alkanes) is 14. The molecule has 0 saturated heterocycles. The van der Waals surface area contributed by atoms with Crippen LogP contribution in [0.2, 0.25) is 0 Å². The van der Waals surface area contributed by atoms with Crippen LogP contribution in [-0.4, -0.2) is 22.3 Å². The van der Waals surface area contributed by atoms with Gasteiger partial charge in [-0.15, -0.1) is 0 Å². The van der Waals surface area contributed by atoms with E-state index in [0.717, 1.165) is 25.2 Å². The number of carboxylic acids is 1. The van der Waals surface area contributed by atoms with Gasteiger partial charge in [-0.1, -0.05) is 118 Å². The Morgan fingerprint density at radius 3 is 1.45 bits per heavy atom. The van der Waals surface area contributed by atoms with Crippen molar-refractivity contribution in [1.29, 1.82) is 0 Å². The van der Waals surface area contributed by atoms with E-state index in [9.17, 15) is 9.90 Å². The Balaban J connectivity index is 0.000000361. The van der Waals surface area contributed by atoms with Gasteiger partial charge in [-0.25, -0.2) is 0 Å². The highest BCUT2D eigenvalue weighted by Gasteiger charge is 2.60. The first-order chi connectivity index (χ1) is 14.8. The van der Waals surface area contributed by atoms with E-state index in [2.05, 4.69) is 27.7 Å². The third-order valence-corrected chi connectivity index (χ3v) is 8.74. The highest BCUT2D eigenvalue weighted by molar-refractivity contribution is 5.66. The molecule has 0 aromatic carbocycles. The van der Waals surface area contributed by atoms with Gasteiger partial charge in [0.1, 0.15) is 0 Å². The summed E-state index contributed by atoms with van der Waals surface area (Å²) in [5.41, 5.74) is 0.601. The lowest BCUT2D eigenvalue weighted by Crippen LogP contribution is -2.35. The minimum absolute atomic E-state index is 0.0313. The summed E-state index contributed by atoms with van der Waals surface area (Å²) in [4.78, 5) is 10.3. The minimum atomic E-state index is -0.653. The molecule has 0 aromatic heterocycles. The Hall–Kier alpha value is -0.570. The Kier molecular flexibility index (Phi) is 14.0. The van der Waals surface area contributed by atoms with Crippen LogP contribution in [-0.2, 0) is 4.79 Å². The van der Waals surface area contributed by atoms with Crippen molar-refractivity contribution in [2.24, 2.45) is 16.7 Å². The molecular weight excluding hydrogens is 384 g/mol. The van der Waals surface area contributed by atoms with Gasteiger partial charge in [0.15, 0.2) is 0 Å². The fourth-order valence-electron chi connectivity index (χ4n) is 5.81. The van der Waals surface area contributed by atoms with Crippen molar-refractivity contribution in [1.82, 2.24) is 0 Å². The minimum Gasteiger partial charge on any atom is -0.481 e. The maximum atomic E-state index is 10.3. The molecule has 3 heteroatoms. The normalized spacial score (nSPS) is 26.0. The van der Waals surface area contributed by atoms with Crippen molar-refractivity contribution in [3.63, 3.8) is 0 Å². The molecule has 3 atom stereocenters. The van der Waals surface area contributed by atoms with Gasteiger partial charge in [0.05, 0.1) is 6.10 Å². The highest BCUT2D eigenvalue weighted by atomic mass is 16.4. The topological polar surface area (TPSA) is 57.5 Å². The van der Waals surface area contributed by atoms with E-state index in [1.807, 2.05) is 0 Å². The van der Waals surface area contributed by atoms with Gasteiger partial charge < -0.3 is 10.2 Å². The van der Waals surface area contributed by atoms with E-state index in [1.165, 1.54) is 96.3 Å².